The second-order valence-electron chi connectivity index (χ2n) is 4.62. The first kappa shape index (κ1) is 16.9. The zero-order valence-electron chi connectivity index (χ0n) is 11.7. The van der Waals surface area contributed by atoms with Gasteiger partial charge in [-0.1, -0.05) is 29.3 Å². The topological polar surface area (TPSA) is 65.5 Å². The number of anilines is 3. The maximum Gasteiger partial charge on any atom is 0.339 e. The number of nitrogens with zero attached hydrogens (tertiary/aromatic N) is 2. The molecule has 0 saturated carbocycles. The average Bonchev–Trinajstić information content (AvgIpc) is 2.42. The third-order valence-corrected chi connectivity index (χ3v) is 4.28. The number of para-hydroxylation sites is 1. The molecule has 0 aliphatic rings. The van der Waals surface area contributed by atoms with Gasteiger partial charge >= 0.3 is 5.97 Å². The summed E-state index contributed by atoms with van der Waals surface area (Å²) in [5.74, 6) is -0.952. The zero-order chi connectivity index (χ0) is 16.4. The van der Waals surface area contributed by atoms with Crippen LogP contribution in [0.25, 0.3) is 0 Å². The van der Waals surface area contributed by atoms with E-state index >= 15 is 0 Å². The highest BCUT2D eigenvalue weighted by atomic mass is 79.9. The second-order valence-corrected chi connectivity index (χ2v) is 6.18. The molecule has 0 amide bonds. The molecule has 0 aliphatic carbocycles. The Morgan fingerprint density at radius 2 is 2.00 bits per heavy atom. The summed E-state index contributed by atoms with van der Waals surface area (Å²) in [4.78, 5) is 17.4. The lowest BCUT2D eigenvalue weighted by Gasteiger charge is -2.20. The molecule has 22 heavy (non-hydrogen) atoms. The van der Waals surface area contributed by atoms with Crippen molar-refractivity contribution in [2.24, 2.45) is 0 Å². The molecule has 2 rings (SSSR count). The van der Waals surface area contributed by atoms with E-state index in [1.54, 1.807) is 18.2 Å². The van der Waals surface area contributed by atoms with Crippen LogP contribution in [0.15, 0.2) is 28.9 Å². The molecule has 0 atom stereocenters. The zero-order valence-corrected chi connectivity index (χ0v) is 14.8. The molecule has 1 aromatic heterocycles. The van der Waals surface area contributed by atoms with Crippen molar-refractivity contribution in [3.8, 4) is 0 Å². The minimum Gasteiger partial charge on any atom is -0.478 e. The van der Waals surface area contributed by atoms with E-state index in [-0.39, 0.29) is 16.4 Å². The molecular formula is C14H12BrCl2N3O2. The molecule has 0 bridgehead atoms. The van der Waals surface area contributed by atoms with Crippen LogP contribution in [-0.4, -0.2) is 30.2 Å². The lowest BCUT2D eigenvalue weighted by molar-refractivity contribution is 0.0697. The Hall–Kier alpha value is -1.50. The summed E-state index contributed by atoms with van der Waals surface area (Å²) < 4.78 is 0.357. The Morgan fingerprint density at radius 3 is 2.59 bits per heavy atom. The first-order valence-electron chi connectivity index (χ1n) is 6.13. The molecule has 0 unspecified atom stereocenters. The van der Waals surface area contributed by atoms with Gasteiger partial charge in [-0.15, -0.1) is 0 Å². The normalized spacial score (nSPS) is 10.4. The molecule has 2 N–H and O–H groups in total. The molecule has 8 heteroatoms. The van der Waals surface area contributed by atoms with Crippen molar-refractivity contribution in [3.05, 3.63) is 44.5 Å². The Morgan fingerprint density at radius 1 is 1.32 bits per heavy atom. The van der Waals surface area contributed by atoms with E-state index in [1.165, 1.54) is 6.07 Å². The predicted molar refractivity (Wildman–Crippen MR) is 93.0 cm³/mol. The van der Waals surface area contributed by atoms with Gasteiger partial charge in [-0.25, -0.2) is 9.78 Å². The molecule has 0 saturated heterocycles. The van der Waals surface area contributed by atoms with Crippen LogP contribution < -0.4 is 10.2 Å². The fourth-order valence-corrected chi connectivity index (χ4v) is 2.71. The highest BCUT2D eigenvalue weighted by molar-refractivity contribution is 9.10. The molecule has 0 spiro atoms. The average molecular weight is 405 g/mol. The number of rotatable bonds is 4. The maximum absolute atomic E-state index is 11.4. The summed E-state index contributed by atoms with van der Waals surface area (Å²) in [5, 5.41) is 13.1. The minimum atomic E-state index is -1.13. The molecule has 0 aliphatic heterocycles. The van der Waals surface area contributed by atoms with E-state index < -0.39 is 5.97 Å². The van der Waals surface area contributed by atoms with Crippen LogP contribution >= 0.6 is 39.1 Å². The van der Waals surface area contributed by atoms with Crippen molar-refractivity contribution in [1.29, 1.82) is 0 Å². The van der Waals surface area contributed by atoms with Gasteiger partial charge in [-0.2, -0.15) is 0 Å². The summed E-state index contributed by atoms with van der Waals surface area (Å²) in [5.41, 5.74) is 1.34. The standard InChI is InChI=1S/C14H12BrCl2N3O2/c1-20(2)11-8(16)4-3-5-10(11)18-13-7(14(21)22)6-9(17)12(15)19-13/h3-6H,1-2H3,(H,18,19)(H,21,22). The van der Waals surface area contributed by atoms with Crippen LogP contribution in [0.5, 0.6) is 0 Å². The number of hydrogen-bond donors (Lipinski definition) is 2. The van der Waals surface area contributed by atoms with Crippen molar-refractivity contribution < 1.29 is 9.90 Å². The number of carbonyl (C=O) groups is 1. The third kappa shape index (κ3) is 3.45. The van der Waals surface area contributed by atoms with Crippen molar-refractivity contribution in [3.63, 3.8) is 0 Å². The van der Waals surface area contributed by atoms with E-state index in [2.05, 4.69) is 26.2 Å². The summed E-state index contributed by atoms with van der Waals surface area (Å²) >= 11 is 15.3. The summed E-state index contributed by atoms with van der Waals surface area (Å²) in [6, 6.07) is 6.65. The van der Waals surface area contributed by atoms with E-state index in [1.807, 2.05) is 19.0 Å². The van der Waals surface area contributed by atoms with Crippen LogP contribution in [0, 0.1) is 0 Å². The number of carboxylic acid groups (broad SMARTS) is 1. The van der Waals surface area contributed by atoms with Gasteiger partial charge < -0.3 is 15.3 Å². The lowest BCUT2D eigenvalue weighted by Crippen LogP contribution is -2.13. The first-order chi connectivity index (χ1) is 10.3. The SMILES string of the molecule is CN(C)c1c(Cl)cccc1Nc1nc(Br)c(Cl)cc1C(=O)O. The van der Waals surface area contributed by atoms with E-state index in [0.717, 1.165) is 5.69 Å². The van der Waals surface area contributed by atoms with Crippen LogP contribution in [-0.2, 0) is 0 Å². The van der Waals surface area contributed by atoms with Crippen LogP contribution in [0.2, 0.25) is 10.0 Å². The lowest BCUT2D eigenvalue weighted by atomic mass is 10.2. The van der Waals surface area contributed by atoms with Crippen LogP contribution in [0.3, 0.4) is 0 Å². The van der Waals surface area contributed by atoms with E-state index in [0.29, 0.717) is 15.3 Å². The Kier molecular flexibility index (Phi) is 5.16. The number of benzene rings is 1. The number of halogens is 3. The largest absolute Gasteiger partial charge is 0.478 e. The first-order valence-corrected chi connectivity index (χ1v) is 7.68. The maximum atomic E-state index is 11.4. The Balaban J connectivity index is 2.54. The fraction of sp³-hybridized carbons (Fsp3) is 0.143. The number of aromatic nitrogens is 1. The van der Waals surface area contributed by atoms with Gasteiger partial charge in [0.1, 0.15) is 16.0 Å². The van der Waals surface area contributed by atoms with Gasteiger partial charge in [-0.05, 0) is 34.1 Å². The number of pyridine rings is 1. The van der Waals surface area contributed by atoms with Crippen molar-refractivity contribution in [2.45, 2.75) is 0 Å². The fourth-order valence-electron chi connectivity index (χ4n) is 1.92. The van der Waals surface area contributed by atoms with Gasteiger partial charge in [0.05, 0.1) is 21.4 Å². The summed E-state index contributed by atoms with van der Waals surface area (Å²) in [6.45, 7) is 0. The number of carboxylic acids is 1. The number of nitrogens with one attached hydrogen (secondary N) is 1. The molecule has 1 aromatic carbocycles. The van der Waals surface area contributed by atoms with Crippen LogP contribution in [0.1, 0.15) is 10.4 Å². The second kappa shape index (κ2) is 6.73. The monoisotopic (exact) mass is 403 g/mol. The smallest absolute Gasteiger partial charge is 0.339 e. The van der Waals surface area contributed by atoms with Gasteiger partial charge in [0.25, 0.3) is 0 Å². The number of hydrogen-bond acceptors (Lipinski definition) is 4. The van der Waals surface area contributed by atoms with Crippen molar-refractivity contribution in [2.75, 3.05) is 24.3 Å². The summed E-state index contributed by atoms with van der Waals surface area (Å²) in [6.07, 6.45) is 0. The van der Waals surface area contributed by atoms with Crippen molar-refractivity contribution >= 4 is 62.3 Å². The summed E-state index contributed by atoms with van der Waals surface area (Å²) in [7, 11) is 3.69. The molecule has 116 valence electrons. The Bertz CT molecular complexity index is 738. The quantitative estimate of drug-likeness (QED) is 0.725. The van der Waals surface area contributed by atoms with E-state index in [4.69, 9.17) is 23.2 Å². The molecule has 1 heterocycles. The van der Waals surface area contributed by atoms with Gasteiger partial charge in [0.15, 0.2) is 0 Å². The minimum absolute atomic E-state index is 0.0297. The van der Waals surface area contributed by atoms with Crippen LogP contribution in [0.4, 0.5) is 17.2 Å². The van der Waals surface area contributed by atoms with Crippen molar-refractivity contribution in [1.82, 2.24) is 4.98 Å². The highest BCUT2D eigenvalue weighted by Gasteiger charge is 2.17. The molecule has 0 fully saturated rings. The highest BCUT2D eigenvalue weighted by Crippen LogP contribution is 2.35. The molecule has 0 radical (unpaired) electrons. The molecule has 5 nitrogen and oxygen atoms in total. The van der Waals surface area contributed by atoms with Gasteiger partial charge in [-0.3, -0.25) is 0 Å². The third-order valence-electron chi connectivity index (χ3n) is 2.85. The van der Waals surface area contributed by atoms with Gasteiger partial charge in [0, 0.05) is 14.1 Å². The van der Waals surface area contributed by atoms with E-state index in [9.17, 15) is 9.90 Å². The molecule has 2 aromatic rings. The predicted octanol–water partition coefficient (Wildman–Crippen LogP) is 4.66. The molecular weight excluding hydrogens is 393 g/mol. The number of aromatic carboxylic acids is 1. The Labute approximate surface area is 146 Å². The van der Waals surface area contributed by atoms with Gasteiger partial charge in [0.2, 0.25) is 0 Å².